The maximum Gasteiger partial charge on any atom is 0.374 e. The molecule has 1 aliphatic heterocycles. The summed E-state index contributed by atoms with van der Waals surface area (Å²) in [6.45, 7) is 0.0363. The van der Waals surface area contributed by atoms with Crippen LogP contribution in [0.15, 0.2) is 34.9 Å². The van der Waals surface area contributed by atoms with Gasteiger partial charge in [0.1, 0.15) is 0 Å². The van der Waals surface area contributed by atoms with Crippen molar-refractivity contribution in [1.29, 1.82) is 0 Å². The number of halogens is 2. The minimum absolute atomic E-state index is 0.0822. The molecule has 0 saturated carbocycles. The molecule has 8 nitrogen and oxygen atoms in total. The van der Waals surface area contributed by atoms with E-state index in [9.17, 15) is 17.1 Å². The first-order valence-electron chi connectivity index (χ1n) is 7.02. The van der Waals surface area contributed by atoms with E-state index in [1.165, 1.54) is 15.8 Å². The van der Waals surface area contributed by atoms with Gasteiger partial charge in [-0.15, -0.1) is 5.10 Å². The number of hydrogen-bond acceptors (Lipinski definition) is 5. The minimum atomic E-state index is -4.73. The molecule has 0 N–H and O–H groups in total. The maximum atomic E-state index is 13.0. The number of carbonyl (C=O) groups excluding carboxylic acids is 1. The highest BCUT2D eigenvalue weighted by Gasteiger charge is 2.30. The quantitative estimate of drug-likeness (QED) is 0.695. The Morgan fingerprint density at radius 2 is 1.83 bits per heavy atom. The van der Waals surface area contributed by atoms with Gasteiger partial charge in [0.15, 0.2) is 5.69 Å². The van der Waals surface area contributed by atoms with Crippen LogP contribution in [0.25, 0.3) is 5.69 Å². The lowest BCUT2D eigenvalue weighted by atomic mass is 10.3. The van der Waals surface area contributed by atoms with Gasteiger partial charge in [-0.05, 0) is 28.1 Å². The lowest BCUT2D eigenvalue weighted by Gasteiger charge is -2.31. The Morgan fingerprint density at radius 3 is 2.46 bits per heavy atom. The summed E-state index contributed by atoms with van der Waals surface area (Å²) in [7, 11) is -4.73. The molecule has 3 rings (SSSR count). The molecule has 2 heterocycles. The second-order valence-electron chi connectivity index (χ2n) is 5.12. The van der Waals surface area contributed by atoms with E-state index in [1.54, 1.807) is 12.1 Å². The Balaban J connectivity index is 1.81. The predicted molar refractivity (Wildman–Crippen MR) is 86.6 cm³/mol. The van der Waals surface area contributed by atoms with Crippen LogP contribution in [0.4, 0.5) is 3.89 Å². The van der Waals surface area contributed by atoms with Crippen LogP contribution >= 0.6 is 15.9 Å². The topological polar surface area (TPSA) is 88.4 Å². The SMILES string of the molecule is O=C(c1cnnn1-c1ccccc1Br)N1CCN(S(=O)(=O)F)CC1. The molecule has 0 bridgehead atoms. The molecule has 24 heavy (non-hydrogen) atoms. The van der Waals surface area contributed by atoms with Gasteiger partial charge in [0.2, 0.25) is 0 Å². The van der Waals surface area contributed by atoms with Gasteiger partial charge in [0.25, 0.3) is 5.91 Å². The van der Waals surface area contributed by atoms with Crippen molar-refractivity contribution in [2.75, 3.05) is 26.2 Å². The van der Waals surface area contributed by atoms with Crippen molar-refractivity contribution in [3.63, 3.8) is 0 Å². The second-order valence-corrected chi connectivity index (χ2v) is 7.31. The molecule has 0 radical (unpaired) electrons. The van der Waals surface area contributed by atoms with E-state index in [-0.39, 0.29) is 37.8 Å². The molecular formula is C13H13BrFN5O3S. The lowest BCUT2D eigenvalue weighted by Crippen LogP contribution is -2.50. The molecule has 1 aromatic heterocycles. The van der Waals surface area contributed by atoms with Crippen molar-refractivity contribution in [2.45, 2.75) is 0 Å². The number of piperazine rings is 1. The van der Waals surface area contributed by atoms with Gasteiger partial charge in [-0.3, -0.25) is 4.79 Å². The molecule has 1 saturated heterocycles. The monoisotopic (exact) mass is 417 g/mol. The van der Waals surface area contributed by atoms with Gasteiger partial charge in [-0.2, -0.15) is 12.7 Å². The zero-order chi connectivity index (χ0) is 17.3. The molecule has 0 unspecified atom stereocenters. The third-order valence-corrected chi connectivity index (χ3v) is 5.34. The number of carbonyl (C=O) groups is 1. The van der Waals surface area contributed by atoms with Crippen molar-refractivity contribution in [3.8, 4) is 5.69 Å². The van der Waals surface area contributed by atoms with E-state index >= 15 is 0 Å². The number of para-hydroxylation sites is 1. The average Bonchev–Trinajstić information content (AvgIpc) is 3.03. The molecule has 0 spiro atoms. The minimum Gasteiger partial charge on any atom is -0.335 e. The Morgan fingerprint density at radius 1 is 1.17 bits per heavy atom. The summed E-state index contributed by atoms with van der Waals surface area (Å²) in [5.74, 6) is -0.341. The van der Waals surface area contributed by atoms with Gasteiger partial charge in [-0.25, -0.2) is 4.68 Å². The first-order valence-corrected chi connectivity index (χ1v) is 9.16. The fourth-order valence-corrected chi connectivity index (χ4v) is 3.51. The van der Waals surface area contributed by atoms with Crippen LogP contribution in [0.2, 0.25) is 0 Å². The molecule has 0 atom stereocenters. The first-order chi connectivity index (χ1) is 11.4. The van der Waals surface area contributed by atoms with E-state index in [0.717, 1.165) is 4.47 Å². The number of nitrogens with zero attached hydrogens (tertiary/aromatic N) is 5. The van der Waals surface area contributed by atoms with Gasteiger partial charge < -0.3 is 4.90 Å². The number of hydrogen-bond donors (Lipinski definition) is 0. The molecular weight excluding hydrogens is 405 g/mol. The van der Waals surface area contributed by atoms with Crippen molar-refractivity contribution < 1.29 is 17.1 Å². The summed E-state index contributed by atoms with van der Waals surface area (Å²) in [5.41, 5.74) is 0.904. The number of aromatic nitrogens is 3. The van der Waals surface area contributed by atoms with Gasteiger partial charge in [0.05, 0.1) is 11.9 Å². The summed E-state index contributed by atoms with van der Waals surface area (Å²) in [6.07, 6.45) is 1.35. The zero-order valence-electron chi connectivity index (χ0n) is 12.3. The van der Waals surface area contributed by atoms with Crippen molar-refractivity contribution in [2.24, 2.45) is 0 Å². The maximum absolute atomic E-state index is 13.0. The number of rotatable bonds is 3. The Bertz CT molecular complexity index is 864. The smallest absolute Gasteiger partial charge is 0.335 e. The van der Waals surface area contributed by atoms with Crippen LogP contribution in [0.5, 0.6) is 0 Å². The molecule has 11 heteroatoms. The fraction of sp³-hybridized carbons (Fsp3) is 0.308. The molecule has 0 aliphatic carbocycles. The largest absolute Gasteiger partial charge is 0.374 e. The van der Waals surface area contributed by atoms with Gasteiger partial charge >= 0.3 is 10.4 Å². The van der Waals surface area contributed by atoms with Crippen LogP contribution in [-0.2, 0) is 10.4 Å². The summed E-state index contributed by atoms with van der Waals surface area (Å²) in [4.78, 5) is 14.1. The van der Waals surface area contributed by atoms with Crippen molar-refractivity contribution in [3.05, 3.63) is 40.6 Å². The normalized spacial score (nSPS) is 16.3. The predicted octanol–water partition coefficient (Wildman–Crippen LogP) is 1.00. The highest BCUT2D eigenvalue weighted by molar-refractivity contribution is 9.10. The fourth-order valence-electron chi connectivity index (χ4n) is 2.45. The highest BCUT2D eigenvalue weighted by Crippen LogP contribution is 2.21. The summed E-state index contributed by atoms with van der Waals surface area (Å²) in [5, 5.41) is 7.73. The molecule has 1 fully saturated rings. The van der Waals surface area contributed by atoms with Gasteiger partial charge in [-0.1, -0.05) is 21.2 Å². The Hall–Kier alpha value is -1.85. The van der Waals surface area contributed by atoms with E-state index in [0.29, 0.717) is 9.99 Å². The average molecular weight is 418 g/mol. The zero-order valence-corrected chi connectivity index (χ0v) is 14.7. The van der Waals surface area contributed by atoms with Crippen molar-refractivity contribution >= 4 is 32.2 Å². The highest BCUT2D eigenvalue weighted by atomic mass is 79.9. The Kier molecular flexibility index (Phi) is 4.65. The molecule has 2 aromatic rings. The van der Waals surface area contributed by atoms with Gasteiger partial charge in [0, 0.05) is 30.7 Å². The van der Waals surface area contributed by atoms with E-state index in [2.05, 4.69) is 26.2 Å². The van der Waals surface area contributed by atoms with E-state index in [1.807, 2.05) is 12.1 Å². The van der Waals surface area contributed by atoms with E-state index in [4.69, 9.17) is 0 Å². The first kappa shape index (κ1) is 17.0. The van der Waals surface area contributed by atoms with Crippen LogP contribution < -0.4 is 0 Å². The molecule has 1 aromatic carbocycles. The van der Waals surface area contributed by atoms with Crippen LogP contribution in [-0.4, -0.2) is 64.7 Å². The second kappa shape index (κ2) is 6.57. The number of benzene rings is 1. The molecule has 1 aliphatic rings. The molecule has 1 amide bonds. The van der Waals surface area contributed by atoms with E-state index < -0.39 is 10.4 Å². The summed E-state index contributed by atoms with van der Waals surface area (Å²) in [6, 6.07) is 7.24. The summed E-state index contributed by atoms with van der Waals surface area (Å²) >= 11 is 3.40. The van der Waals surface area contributed by atoms with Crippen LogP contribution in [0, 0.1) is 0 Å². The Labute approximate surface area is 146 Å². The van der Waals surface area contributed by atoms with Crippen LogP contribution in [0.1, 0.15) is 10.5 Å². The summed E-state index contributed by atoms with van der Waals surface area (Å²) < 4.78 is 37.6. The third kappa shape index (κ3) is 3.32. The van der Waals surface area contributed by atoms with Crippen LogP contribution in [0.3, 0.4) is 0 Å². The lowest BCUT2D eigenvalue weighted by molar-refractivity contribution is 0.0686. The third-order valence-electron chi connectivity index (χ3n) is 3.68. The molecule has 128 valence electrons. The van der Waals surface area contributed by atoms with Crippen molar-refractivity contribution in [1.82, 2.24) is 24.2 Å². The standard InChI is InChI=1S/C13H13BrFN5O3S/c14-10-3-1-2-4-11(10)20-12(9-16-17-20)13(21)18-5-7-19(8-6-18)24(15,22)23/h1-4,9H,5-8H2. The number of amides is 1.